The summed E-state index contributed by atoms with van der Waals surface area (Å²) >= 11 is 1.86. The minimum Gasteiger partial charge on any atom is -0.456 e. The fourth-order valence-electron chi connectivity index (χ4n) is 7.87. The molecule has 51 heavy (non-hydrogen) atoms. The summed E-state index contributed by atoms with van der Waals surface area (Å²) in [7, 11) is 0. The molecule has 0 bridgehead atoms. The van der Waals surface area contributed by atoms with Crippen LogP contribution in [0.1, 0.15) is 29.0 Å². The van der Waals surface area contributed by atoms with Gasteiger partial charge in [0.15, 0.2) is 6.17 Å². The van der Waals surface area contributed by atoms with E-state index >= 15 is 0 Å². The lowest BCUT2D eigenvalue weighted by atomic mass is 9.97. The smallest absolute Gasteiger partial charge is 0.230 e. The van der Waals surface area contributed by atoms with Crippen LogP contribution in [0.4, 0.5) is 0 Å². The van der Waals surface area contributed by atoms with Crippen LogP contribution in [0, 0.1) is 0 Å². The number of nitrogens with one attached hydrogen (secondary N) is 1. The molecule has 0 aliphatic carbocycles. The second-order valence-electron chi connectivity index (χ2n) is 13.3. The molecule has 10 aromatic rings. The summed E-state index contributed by atoms with van der Waals surface area (Å²) in [5.74, 6) is 0.953. The number of hydrogen-bond donors (Lipinski definition) is 2. The molecule has 3 N–H and O–H groups in total. The van der Waals surface area contributed by atoms with Crippen LogP contribution >= 0.6 is 11.3 Å². The topological polar surface area (TPSA) is 67.3 Å². The summed E-state index contributed by atoms with van der Waals surface area (Å²) in [6.45, 7) is 0. The van der Waals surface area contributed by atoms with Gasteiger partial charge in [0, 0.05) is 52.8 Å². The maximum Gasteiger partial charge on any atom is 0.230 e. The molecular weight excluding hydrogens is 647 g/mol. The second-order valence-corrected chi connectivity index (χ2v) is 14.3. The average molecular weight is 677 g/mol. The molecule has 5 nitrogen and oxygen atoms in total. The molecule has 0 saturated heterocycles. The summed E-state index contributed by atoms with van der Waals surface area (Å²) in [6.07, 6.45) is -0.307. The van der Waals surface area contributed by atoms with E-state index in [1.807, 2.05) is 29.5 Å². The van der Waals surface area contributed by atoms with E-state index in [-0.39, 0.29) is 12.3 Å². The Labute approximate surface area is 296 Å². The Kier molecular flexibility index (Phi) is 6.33. The van der Waals surface area contributed by atoms with Crippen LogP contribution in [0.25, 0.3) is 75.2 Å². The Balaban J connectivity index is 1.05. The van der Waals surface area contributed by atoms with Crippen molar-refractivity contribution in [3.05, 3.63) is 168 Å². The lowest BCUT2D eigenvalue weighted by Gasteiger charge is -2.28. The van der Waals surface area contributed by atoms with Crippen molar-refractivity contribution in [2.24, 2.45) is 4.99 Å². The quantitative estimate of drug-likeness (QED) is 0.195. The largest absolute Gasteiger partial charge is 0.456 e. The molecular formula is C45H30N3O2S+. The highest BCUT2D eigenvalue weighted by Gasteiger charge is 2.30. The van der Waals surface area contributed by atoms with Crippen LogP contribution in [-0.4, -0.2) is 5.84 Å². The summed E-state index contributed by atoms with van der Waals surface area (Å²) in [4.78, 5) is 5.27. The number of para-hydroxylation sites is 1. The maximum atomic E-state index is 6.52. The molecule has 1 aliphatic heterocycles. The lowest BCUT2D eigenvalue weighted by Crippen LogP contribution is -2.93. The first-order valence-electron chi connectivity index (χ1n) is 17.3. The Bertz CT molecular complexity index is 3010. The van der Waals surface area contributed by atoms with Crippen LogP contribution in [0.2, 0.25) is 0 Å². The molecule has 7 aromatic carbocycles. The van der Waals surface area contributed by atoms with Crippen LogP contribution in [0.15, 0.2) is 165 Å². The summed E-state index contributed by atoms with van der Waals surface area (Å²) < 4.78 is 15.3. The molecule has 3 aromatic heterocycles. The summed E-state index contributed by atoms with van der Waals surface area (Å²) in [5, 5.41) is 13.2. The van der Waals surface area contributed by atoms with Crippen LogP contribution in [0.3, 0.4) is 0 Å². The van der Waals surface area contributed by atoms with E-state index < -0.39 is 0 Å². The van der Waals surface area contributed by atoms with Gasteiger partial charge in [0.05, 0.1) is 5.56 Å². The van der Waals surface area contributed by atoms with Gasteiger partial charge < -0.3 is 8.83 Å². The predicted octanol–water partition coefficient (Wildman–Crippen LogP) is 10.8. The van der Waals surface area contributed by atoms with E-state index in [0.29, 0.717) is 0 Å². The van der Waals surface area contributed by atoms with E-state index in [4.69, 9.17) is 13.8 Å². The molecule has 0 fully saturated rings. The zero-order chi connectivity index (χ0) is 33.5. The Morgan fingerprint density at radius 1 is 0.529 bits per heavy atom. The van der Waals surface area contributed by atoms with Crippen molar-refractivity contribution >= 4 is 81.2 Å². The Hall–Kier alpha value is -6.05. The molecule has 4 heterocycles. The molecule has 0 spiro atoms. The first-order valence-corrected chi connectivity index (χ1v) is 18.1. The van der Waals surface area contributed by atoms with Gasteiger partial charge in [-0.15, -0.1) is 11.3 Å². The van der Waals surface area contributed by atoms with E-state index in [1.54, 1.807) is 0 Å². The highest BCUT2D eigenvalue weighted by molar-refractivity contribution is 7.26. The summed E-state index contributed by atoms with van der Waals surface area (Å²) in [6, 6.07) is 53.5. The van der Waals surface area contributed by atoms with E-state index in [0.717, 1.165) is 66.4 Å². The third-order valence-electron chi connectivity index (χ3n) is 10.3. The highest BCUT2D eigenvalue weighted by Crippen LogP contribution is 2.44. The second kappa shape index (κ2) is 11.2. The number of fused-ring (bicyclic) bond motifs is 9. The van der Waals surface area contributed by atoms with Crippen LogP contribution in [-0.2, 0) is 0 Å². The number of furan rings is 2. The van der Waals surface area contributed by atoms with Gasteiger partial charge in [-0.3, -0.25) is 5.32 Å². The highest BCUT2D eigenvalue weighted by atomic mass is 32.1. The van der Waals surface area contributed by atoms with Crippen molar-refractivity contribution in [3.63, 3.8) is 0 Å². The molecule has 2 atom stereocenters. The maximum absolute atomic E-state index is 6.52. The first kappa shape index (κ1) is 28.8. The lowest BCUT2D eigenvalue weighted by molar-refractivity contribution is -0.600. The van der Waals surface area contributed by atoms with E-state index in [1.165, 1.54) is 31.3 Å². The minimum absolute atomic E-state index is 0.0907. The van der Waals surface area contributed by atoms with Crippen molar-refractivity contribution in [2.45, 2.75) is 12.3 Å². The normalized spacial score (nSPS) is 16.6. The number of aliphatic imine (C=N–C) groups is 1. The fraction of sp³-hybridized carbons (Fsp3) is 0.0444. The SMILES string of the molecule is c1ccc(C2N=C(c3ccc4oc5ccccc5c4c3)[NH2+]C(c3ccc4oc5cccc(-c6cccc7c6sc6ccccc67)c5c4c3)N2)cc1. The van der Waals surface area contributed by atoms with Gasteiger partial charge in [0.2, 0.25) is 5.84 Å². The first-order chi connectivity index (χ1) is 25.2. The van der Waals surface area contributed by atoms with Gasteiger partial charge in [-0.25, -0.2) is 10.3 Å². The van der Waals surface area contributed by atoms with Crippen molar-refractivity contribution in [1.29, 1.82) is 0 Å². The van der Waals surface area contributed by atoms with Gasteiger partial charge >= 0.3 is 0 Å². The zero-order valence-electron chi connectivity index (χ0n) is 27.3. The molecule has 2 unspecified atom stereocenters. The number of benzene rings is 7. The van der Waals surface area contributed by atoms with Crippen molar-refractivity contribution in [2.75, 3.05) is 0 Å². The molecule has 0 amide bonds. The summed E-state index contributed by atoms with van der Waals surface area (Å²) in [5.41, 5.74) is 9.31. The molecule has 6 heteroatoms. The molecule has 0 saturated carbocycles. The standard InChI is InChI=1S/C45H29N3O2S/c1-2-10-26(11-3-1)43-46-44(27-20-22-37-34(24-27)29-12-4-6-17-36(29)49-37)48-45(47-43)28-21-23-38-35(25-28)41-31(14-9-18-39(41)50-38)33-16-8-15-32-30-13-5-7-19-40(30)51-42(32)33/h1-25,43,45,47H,(H,46,48)/p+1. The average Bonchev–Trinajstić information content (AvgIpc) is 3.89. The van der Waals surface area contributed by atoms with Crippen LogP contribution < -0.4 is 10.6 Å². The van der Waals surface area contributed by atoms with E-state index in [2.05, 4.69) is 144 Å². The number of thiophene rings is 1. The number of rotatable bonds is 4. The van der Waals surface area contributed by atoms with Crippen molar-refractivity contribution < 1.29 is 14.2 Å². The molecule has 0 radical (unpaired) electrons. The minimum atomic E-state index is -0.217. The predicted molar refractivity (Wildman–Crippen MR) is 209 cm³/mol. The van der Waals surface area contributed by atoms with Gasteiger partial charge in [-0.1, -0.05) is 97.1 Å². The fourth-order valence-corrected chi connectivity index (χ4v) is 9.10. The number of quaternary nitrogens is 1. The van der Waals surface area contributed by atoms with E-state index in [9.17, 15) is 0 Å². The number of hydrogen-bond acceptors (Lipinski definition) is 5. The van der Waals surface area contributed by atoms with Crippen molar-refractivity contribution in [3.8, 4) is 11.1 Å². The third kappa shape index (κ3) is 4.58. The third-order valence-corrected chi connectivity index (χ3v) is 11.5. The Morgan fingerprint density at radius 3 is 2.18 bits per heavy atom. The van der Waals surface area contributed by atoms with Crippen LogP contribution in [0.5, 0.6) is 0 Å². The molecule has 242 valence electrons. The molecule has 11 rings (SSSR count). The van der Waals surface area contributed by atoms with Gasteiger partial charge in [-0.2, -0.15) is 0 Å². The van der Waals surface area contributed by atoms with Gasteiger partial charge in [0.1, 0.15) is 28.5 Å². The Morgan fingerprint density at radius 2 is 1.24 bits per heavy atom. The van der Waals surface area contributed by atoms with Gasteiger partial charge in [0.25, 0.3) is 0 Å². The molecule has 1 aliphatic rings. The number of nitrogens with zero attached hydrogens (tertiary/aromatic N) is 1. The van der Waals surface area contributed by atoms with Crippen molar-refractivity contribution in [1.82, 2.24) is 5.32 Å². The monoisotopic (exact) mass is 676 g/mol. The van der Waals surface area contributed by atoms with Gasteiger partial charge in [-0.05, 0) is 65.7 Å². The number of nitrogens with two attached hydrogens (primary N) is 1. The zero-order valence-corrected chi connectivity index (χ0v) is 28.2. The number of amidine groups is 1.